The summed E-state index contributed by atoms with van der Waals surface area (Å²) in [5, 5.41) is 21.2. The van der Waals surface area contributed by atoms with E-state index in [9.17, 15) is 29.6 Å². The summed E-state index contributed by atoms with van der Waals surface area (Å²) in [6.07, 6.45) is -0.922. The molecule has 1 saturated heterocycles. The molecule has 2 heterocycles. The Balaban J connectivity index is 1.28. The molecule has 0 bridgehead atoms. The van der Waals surface area contributed by atoms with Crippen molar-refractivity contribution in [3.05, 3.63) is 99.2 Å². The van der Waals surface area contributed by atoms with E-state index in [4.69, 9.17) is 9.47 Å². The maximum Gasteiger partial charge on any atom is 0.361 e. The van der Waals surface area contributed by atoms with E-state index >= 15 is 0 Å². The predicted molar refractivity (Wildman–Crippen MR) is 149 cm³/mol. The monoisotopic (exact) mass is 564 g/mol. The predicted octanol–water partition coefficient (Wildman–Crippen LogP) is 3.91. The topological polar surface area (TPSA) is 136 Å². The van der Waals surface area contributed by atoms with Gasteiger partial charge in [-0.25, -0.2) is 4.79 Å². The Labute approximate surface area is 240 Å². The molecule has 1 amide bonds. The minimum absolute atomic E-state index is 0.0274. The minimum atomic E-state index is -0.922. The number of nitro groups is 1. The molecule has 6 rings (SSSR count). The summed E-state index contributed by atoms with van der Waals surface area (Å²) >= 11 is 0. The third kappa shape index (κ3) is 4.22. The van der Waals surface area contributed by atoms with Gasteiger partial charge in [-0.2, -0.15) is 0 Å². The van der Waals surface area contributed by atoms with E-state index in [0.717, 1.165) is 5.56 Å². The lowest BCUT2D eigenvalue weighted by Crippen LogP contribution is -2.63. The first kappa shape index (κ1) is 26.9. The van der Waals surface area contributed by atoms with Crippen molar-refractivity contribution in [3.8, 4) is 34.5 Å². The zero-order valence-corrected chi connectivity index (χ0v) is 22.6. The molecule has 1 fully saturated rings. The van der Waals surface area contributed by atoms with Crippen molar-refractivity contribution in [1.29, 1.82) is 0 Å². The number of hydrogen-bond acceptors (Lipinski definition) is 8. The van der Waals surface area contributed by atoms with E-state index in [1.165, 1.54) is 36.1 Å². The highest BCUT2D eigenvalue weighted by Gasteiger charge is 2.60. The molecule has 4 atom stereocenters. The summed E-state index contributed by atoms with van der Waals surface area (Å²) in [6.45, 7) is 3.29. The molecule has 10 nitrogen and oxygen atoms in total. The Morgan fingerprint density at radius 1 is 1.05 bits per heavy atom. The van der Waals surface area contributed by atoms with Gasteiger partial charge in [0.05, 0.1) is 23.0 Å². The number of esters is 1. The second-order valence-corrected chi connectivity index (χ2v) is 10.3. The molecule has 3 aromatic rings. The van der Waals surface area contributed by atoms with Crippen molar-refractivity contribution in [2.45, 2.75) is 26.0 Å². The number of amides is 1. The molecular weight excluding hydrogens is 540 g/mol. The second kappa shape index (κ2) is 10.3. The Bertz CT molecular complexity index is 1760. The zero-order chi connectivity index (χ0) is 29.7. The highest BCUT2D eigenvalue weighted by molar-refractivity contribution is 6.22. The number of rotatable bonds is 6. The van der Waals surface area contributed by atoms with Crippen molar-refractivity contribution in [3.63, 3.8) is 0 Å². The van der Waals surface area contributed by atoms with Crippen LogP contribution in [0.25, 0.3) is 11.1 Å². The van der Waals surface area contributed by atoms with Crippen LogP contribution in [0.15, 0.2) is 78.0 Å². The summed E-state index contributed by atoms with van der Waals surface area (Å²) in [4.78, 5) is 50.8. The SMILES string of the molecule is C[C@@H](O)[C@H]1C(=O)N2C(C(=O)Oc3ccc([N+](=O)[O-])cc3)=C(C#CCOc3cccc4c3-c3ccccc3C4=O)[C@H](C)[C@H]12. The molecule has 1 N–H and O–H groups in total. The normalized spacial score (nSPS) is 20.5. The highest BCUT2D eigenvalue weighted by atomic mass is 16.6. The van der Waals surface area contributed by atoms with Gasteiger partial charge in [0.15, 0.2) is 5.78 Å². The number of nitro benzene ring substituents is 1. The average molecular weight is 565 g/mol. The molecule has 42 heavy (non-hydrogen) atoms. The van der Waals surface area contributed by atoms with Crippen LogP contribution >= 0.6 is 0 Å². The largest absolute Gasteiger partial charge is 0.480 e. The van der Waals surface area contributed by atoms with Crippen LogP contribution in [0, 0.1) is 33.8 Å². The summed E-state index contributed by atoms with van der Waals surface area (Å²) in [5.74, 6) is 4.11. The van der Waals surface area contributed by atoms with Gasteiger partial charge >= 0.3 is 5.97 Å². The lowest BCUT2D eigenvalue weighted by Gasteiger charge is -2.46. The van der Waals surface area contributed by atoms with Gasteiger partial charge in [-0.15, -0.1) is 0 Å². The fraction of sp³-hybridized carbons (Fsp3) is 0.219. The first-order valence-corrected chi connectivity index (χ1v) is 13.3. The number of β-lactam (4-membered cyclic amide) rings is 1. The highest BCUT2D eigenvalue weighted by Crippen LogP contribution is 2.47. The smallest absolute Gasteiger partial charge is 0.361 e. The van der Waals surface area contributed by atoms with Crippen LogP contribution in [-0.4, -0.2) is 51.3 Å². The van der Waals surface area contributed by atoms with E-state index in [-0.39, 0.29) is 35.4 Å². The lowest BCUT2D eigenvalue weighted by molar-refractivity contribution is -0.384. The Hall–Kier alpha value is -5.27. The molecule has 3 aromatic carbocycles. The number of non-ortho nitro benzene ring substituents is 1. The zero-order valence-electron chi connectivity index (χ0n) is 22.6. The maximum absolute atomic E-state index is 13.3. The first-order valence-electron chi connectivity index (χ1n) is 13.3. The second-order valence-electron chi connectivity index (χ2n) is 10.3. The van der Waals surface area contributed by atoms with Gasteiger partial charge in [0, 0.05) is 40.3 Å². The molecule has 0 radical (unpaired) electrons. The van der Waals surface area contributed by atoms with E-state index < -0.39 is 34.9 Å². The van der Waals surface area contributed by atoms with Gasteiger partial charge in [-0.3, -0.25) is 19.7 Å². The number of nitrogens with zero attached hydrogens (tertiary/aromatic N) is 2. The van der Waals surface area contributed by atoms with Gasteiger partial charge in [0.1, 0.15) is 23.8 Å². The van der Waals surface area contributed by atoms with Crippen LogP contribution in [0.5, 0.6) is 11.5 Å². The summed E-state index contributed by atoms with van der Waals surface area (Å²) < 4.78 is 11.5. The molecule has 0 unspecified atom stereocenters. The van der Waals surface area contributed by atoms with E-state index in [0.29, 0.717) is 28.0 Å². The molecule has 1 aliphatic carbocycles. The van der Waals surface area contributed by atoms with Crippen LogP contribution in [-0.2, 0) is 9.59 Å². The van der Waals surface area contributed by atoms with E-state index in [1.54, 1.807) is 24.3 Å². The number of aliphatic hydroxyl groups is 1. The number of ether oxygens (including phenoxy) is 2. The molecule has 10 heteroatoms. The summed E-state index contributed by atoms with van der Waals surface area (Å²) in [5.41, 5.74) is 2.83. The number of benzene rings is 3. The average Bonchev–Trinajstić information content (AvgIpc) is 3.40. The van der Waals surface area contributed by atoms with Crippen LogP contribution < -0.4 is 9.47 Å². The van der Waals surface area contributed by atoms with Crippen LogP contribution in [0.3, 0.4) is 0 Å². The minimum Gasteiger partial charge on any atom is -0.480 e. The number of carbonyl (C=O) groups excluding carboxylic acids is 3. The fourth-order valence-corrected chi connectivity index (χ4v) is 5.91. The van der Waals surface area contributed by atoms with Crippen molar-refractivity contribution in [2.75, 3.05) is 6.61 Å². The molecule has 0 aromatic heterocycles. The quantitative estimate of drug-likeness (QED) is 0.0930. The number of carbonyl (C=O) groups is 3. The standard InChI is InChI=1S/C32H24N2O8/c1-17-21(10-6-16-41-25-11-5-9-24-27(25)22-7-3-4-8-23(22)30(24)36)29(33-28(17)26(18(2)35)31(33)37)32(38)42-20-14-12-19(13-15-20)34(39)40/h3-5,7-9,11-15,17-18,26,28,35H,16H2,1-2H3/t17-,18+,26+,28+/m0/s1. The van der Waals surface area contributed by atoms with E-state index in [2.05, 4.69) is 11.8 Å². The van der Waals surface area contributed by atoms with Crippen molar-refractivity contribution < 1.29 is 33.9 Å². The van der Waals surface area contributed by atoms with Gasteiger partial charge in [-0.1, -0.05) is 55.2 Å². The summed E-state index contributed by atoms with van der Waals surface area (Å²) in [7, 11) is 0. The van der Waals surface area contributed by atoms with Crippen molar-refractivity contribution in [2.24, 2.45) is 11.8 Å². The number of aliphatic hydroxyl groups excluding tert-OH is 1. The molecule has 0 saturated carbocycles. The van der Waals surface area contributed by atoms with Gasteiger partial charge in [0.2, 0.25) is 5.91 Å². The van der Waals surface area contributed by atoms with Crippen LogP contribution in [0.2, 0.25) is 0 Å². The van der Waals surface area contributed by atoms with Crippen molar-refractivity contribution in [1.82, 2.24) is 4.90 Å². The van der Waals surface area contributed by atoms with Crippen LogP contribution in [0.4, 0.5) is 5.69 Å². The van der Waals surface area contributed by atoms with Gasteiger partial charge < -0.3 is 19.5 Å². The Morgan fingerprint density at radius 2 is 1.74 bits per heavy atom. The molecular formula is C32H24N2O8. The van der Waals surface area contributed by atoms with E-state index in [1.807, 2.05) is 25.1 Å². The Morgan fingerprint density at radius 3 is 2.43 bits per heavy atom. The third-order valence-corrected chi connectivity index (χ3v) is 7.86. The molecule has 2 aliphatic heterocycles. The fourth-order valence-electron chi connectivity index (χ4n) is 5.91. The maximum atomic E-state index is 13.3. The number of hydrogen-bond donors (Lipinski definition) is 1. The lowest BCUT2D eigenvalue weighted by atomic mass is 9.78. The number of ketones is 1. The molecule has 3 aliphatic rings. The van der Waals surface area contributed by atoms with Gasteiger partial charge in [-0.05, 0) is 30.7 Å². The summed E-state index contributed by atoms with van der Waals surface area (Å²) in [6, 6.07) is 17.1. The van der Waals surface area contributed by atoms with Gasteiger partial charge in [0.25, 0.3) is 5.69 Å². The van der Waals surface area contributed by atoms with Crippen LogP contribution in [0.1, 0.15) is 29.8 Å². The first-order chi connectivity index (χ1) is 20.2. The Kier molecular flexibility index (Phi) is 6.59. The van der Waals surface area contributed by atoms with Crippen molar-refractivity contribution >= 4 is 23.3 Å². The molecule has 0 spiro atoms. The number of fused-ring (bicyclic) bond motifs is 4. The third-order valence-electron chi connectivity index (χ3n) is 7.86. The molecule has 210 valence electrons.